The number of aromatic nitrogens is 2. The fourth-order valence-corrected chi connectivity index (χ4v) is 6.60. The predicted molar refractivity (Wildman–Crippen MR) is 238 cm³/mol. The van der Waals surface area contributed by atoms with E-state index in [1.807, 2.05) is 0 Å². The van der Waals surface area contributed by atoms with Gasteiger partial charge in [-0.15, -0.1) is 0 Å². The molecule has 1 heterocycles. The van der Waals surface area contributed by atoms with Crippen molar-refractivity contribution in [2.24, 2.45) is 28.1 Å². The second kappa shape index (κ2) is 28.1. The van der Waals surface area contributed by atoms with Crippen LogP contribution in [0.3, 0.4) is 0 Å². The number of aromatic amines is 1. The number of carbonyl (C=O) groups excluding carboxylic acids is 6. The smallest absolute Gasteiger partial charge is 0.326 e. The second-order valence-electron chi connectivity index (χ2n) is 15.4. The summed E-state index contributed by atoms with van der Waals surface area (Å²) in [6.45, 7) is 3.09. The normalized spacial score (nSPS) is 14.1. The molecule has 0 saturated heterocycles. The number of imidazole rings is 1. The summed E-state index contributed by atoms with van der Waals surface area (Å²) in [5, 5.41) is 52.9. The quantitative estimate of drug-likeness (QED) is 0.0211. The van der Waals surface area contributed by atoms with Gasteiger partial charge in [-0.3, -0.25) is 43.3 Å². The number of benzene rings is 1. The highest BCUT2D eigenvalue weighted by Crippen LogP contribution is 2.14. The number of hydrogen-bond donors (Lipinski definition) is 14. The molecule has 0 saturated carbocycles. The number of phenols is 1. The van der Waals surface area contributed by atoms with Crippen LogP contribution in [0, 0.1) is 5.92 Å². The summed E-state index contributed by atoms with van der Waals surface area (Å²) in [6, 6.07) is -4.48. The molecule has 0 bridgehead atoms. The number of carbonyl (C=O) groups is 9. The number of carboxylic acids is 3. The lowest BCUT2D eigenvalue weighted by Gasteiger charge is -2.28. The molecule has 26 heteroatoms. The van der Waals surface area contributed by atoms with Gasteiger partial charge in [0.2, 0.25) is 35.4 Å². The summed E-state index contributed by atoms with van der Waals surface area (Å²) < 4.78 is 0. The first-order chi connectivity index (χ1) is 31.1. The van der Waals surface area contributed by atoms with Gasteiger partial charge in [-0.05, 0) is 61.3 Å². The zero-order valence-electron chi connectivity index (χ0n) is 36.7. The Balaban J connectivity index is 2.48. The number of carboxylic acid groups (broad SMARTS) is 3. The van der Waals surface area contributed by atoms with E-state index in [0.29, 0.717) is 17.0 Å². The van der Waals surface area contributed by atoms with E-state index in [9.17, 15) is 58.5 Å². The fraction of sp³-hybridized carbons (Fsp3) is 0.525. The van der Waals surface area contributed by atoms with Crippen LogP contribution >= 0.6 is 11.8 Å². The first kappa shape index (κ1) is 55.2. The van der Waals surface area contributed by atoms with E-state index in [0.717, 1.165) is 0 Å². The van der Waals surface area contributed by atoms with Crippen molar-refractivity contribution < 1.29 is 63.6 Å². The Labute approximate surface area is 383 Å². The number of amides is 6. The molecule has 17 N–H and O–H groups in total. The van der Waals surface area contributed by atoms with E-state index in [1.165, 1.54) is 48.6 Å². The standard InChI is InChI=1S/C40H60N12O13S/c1-20(2)32(52-35(60)26(10-11-30(54)55)47-33(58)24(41)17-31(56)57)38(63)48-25(5-4-13-45-40(42)43)34(59)51-29(16-22-18-44-19-46-22)37(62)50-28(15-21-6-8-23(53)9-7-21)36(61)49-27(39(64)65)12-14-66-3/h6-9,18-20,24-29,32,53H,4-5,10-17,41H2,1-3H3,(H,44,46)(H,47,58)(H,48,63)(H,49,61)(H,50,62)(H,51,59)(H,52,60)(H,54,55)(H,56,57)(H,64,65)(H4,42,43,45)/t24-,25-,26-,27-,28-,29-,32-/m0/s1. The maximum Gasteiger partial charge on any atom is 0.326 e. The van der Waals surface area contributed by atoms with Crippen molar-refractivity contribution in [3.8, 4) is 5.75 Å². The number of H-pyrrole nitrogens is 1. The highest BCUT2D eigenvalue weighted by molar-refractivity contribution is 7.98. The largest absolute Gasteiger partial charge is 0.508 e. The number of thioether (sulfide) groups is 1. The summed E-state index contributed by atoms with van der Waals surface area (Å²) in [5.74, 6) is -10.3. The summed E-state index contributed by atoms with van der Waals surface area (Å²) in [5.41, 5.74) is 17.4. The molecule has 2 aromatic rings. The van der Waals surface area contributed by atoms with Crippen LogP contribution in [0.25, 0.3) is 0 Å². The predicted octanol–water partition coefficient (Wildman–Crippen LogP) is -2.98. The minimum absolute atomic E-state index is 0.00168. The number of aliphatic imine (C=N–C) groups is 1. The Kier molecular flexibility index (Phi) is 23.5. The van der Waals surface area contributed by atoms with Crippen LogP contribution in [0.5, 0.6) is 5.75 Å². The molecule has 7 atom stereocenters. The minimum Gasteiger partial charge on any atom is -0.508 e. The topological polar surface area (TPSA) is 426 Å². The first-order valence-electron chi connectivity index (χ1n) is 20.6. The molecular weight excluding hydrogens is 889 g/mol. The first-order valence-corrected chi connectivity index (χ1v) is 22.0. The summed E-state index contributed by atoms with van der Waals surface area (Å²) in [4.78, 5) is 127. The highest BCUT2D eigenvalue weighted by atomic mass is 32.2. The lowest BCUT2D eigenvalue weighted by atomic mass is 10.0. The number of nitrogens with one attached hydrogen (secondary N) is 7. The van der Waals surface area contributed by atoms with Crippen molar-refractivity contribution >= 4 is 71.1 Å². The highest BCUT2D eigenvalue weighted by Gasteiger charge is 2.35. The molecule has 0 fully saturated rings. The molecule has 0 aliphatic carbocycles. The van der Waals surface area contributed by atoms with Crippen molar-refractivity contribution in [1.29, 1.82) is 0 Å². The van der Waals surface area contributed by atoms with Crippen molar-refractivity contribution in [3.05, 3.63) is 48.0 Å². The molecule has 6 amide bonds. The molecule has 0 aliphatic rings. The number of phenolic OH excluding ortho intramolecular Hbond substituents is 1. The number of nitrogens with zero attached hydrogens (tertiary/aromatic N) is 2. The number of aliphatic carboxylic acids is 3. The molecule has 1 aromatic heterocycles. The molecule has 66 heavy (non-hydrogen) atoms. The number of hydrogen-bond acceptors (Lipinski definition) is 14. The van der Waals surface area contributed by atoms with Gasteiger partial charge in [-0.2, -0.15) is 11.8 Å². The van der Waals surface area contributed by atoms with Crippen LogP contribution in [0.2, 0.25) is 0 Å². The summed E-state index contributed by atoms with van der Waals surface area (Å²) in [7, 11) is 0. The minimum atomic E-state index is -1.59. The van der Waals surface area contributed by atoms with Crippen molar-refractivity contribution in [3.63, 3.8) is 0 Å². The van der Waals surface area contributed by atoms with Crippen LogP contribution in [0.4, 0.5) is 0 Å². The van der Waals surface area contributed by atoms with E-state index in [1.54, 1.807) is 20.1 Å². The Morgan fingerprint density at radius 1 is 0.712 bits per heavy atom. The molecule has 25 nitrogen and oxygen atoms in total. The average molecular weight is 949 g/mol. The van der Waals surface area contributed by atoms with Crippen LogP contribution in [0.1, 0.15) is 63.6 Å². The van der Waals surface area contributed by atoms with Crippen LogP contribution in [0.15, 0.2) is 41.8 Å². The molecule has 0 spiro atoms. The zero-order chi connectivity index (χ0) is 49.5. The van der Waals surface area contributed by atoms with Gasteiger partial charge in [0.25, 0.3) is 0 Å². The van der Waals surface area contributed by atoms with Gasteiger partial charge in [0.05, 0.1) is 18.8 Å². The third-order valence-electron chi connectivity index (χ3n) is 9.68. The summed E-state index contributed by atoms with van der Waals surface area (Å²) in [6.07, 6.45) is 2.23. The third-order valence-corrected chi connectivity index (χ3v) is 10.3. The SMILES string of the molecule is CSCC[C@H](NC(=O)[C@H](Cc1ccc(O)cc1)NC(=O)[C@H](Cc1cnc[nH]1)NC(=O)[C@H](CCCN=C(N)N)NC(=O)[C@@H](NC(=O)[C@H](CCC(=O)O)NC(=O)[C@@H](N)CC(=O)O)C(C)C)C(=O)O. The zero-order valence-corrected chi connectivity index (χ0v) is 37.5. The Morgan fingerprint density at radius 2 is 1.26 bits per heavy atom. The lowest BCUT2D eigenvalue weighted by Crippen LogP contribution is -2.61. The van der Waals surface area contributed by atoms with E-state index in [-0.39, 0.29) is 50.4 Å². The fourth-order valence-electron chi connectivity index (χ4n) is 6.13. The molecular formula is C40H60N12O13S. The third kappa shape index (κ3) is 20.3. The number of aromatic hydroxyl groups is 1. The van der Waals surface area contributed by atoms with Gasteiger partial charge < -0.3 is 74.5 Å². The Bertz CT molecular complexity index is 2000. The monoisotopic (exact) mass is 948 g/mol. The lowest BCUT2D eigenvalue weighted by molar-refractivity contribution is -0.142. The van der Waals surface area contributed by atoms with Gasteiger partial charge >= 0.3 is 17.9 Å². The van der Waals surface area contributed by atoms with Crippen molar-refractivity contribution in [1.82, 2.24) is 41.9 Å². The molecule has 0 unspecified atom stereocenters. The van der Waals surface area contributed by atoms with Crippen molar-refractivity contribution in [2.45, 2.75) is 108 Å². The number of nitrogens with two attached hydrogens (primary N) is 3. The second-order valence-corrected chi connectivity index (χ2v) is 16.4. The maximum atomic E-state index is 14.2. The van der Waals surface area contributed by atoms with Gasteiger partial charge in [-0.25, -0.2) is 9.78 Å². The van der Waals surface area contributed by atoms with Crippen LogP contribution in [-0.2, 0) is 56.0 Å². The van der Waals surface area contributed by atoms with E-state index < -0.39 is 121 Å². The number of guanidine groups is 1. The summed E-state index contributed by atoms with van der Waals surface area (Å²) >= 11 is 1.37. The Hall–Kier alpha value is -6.96. The number of rotatable bonds is 30. The van der Waals surface area contributed by atoms with Gasteiger partial charge in [0, 0.05) is 37.7 Å². The van der Waals surface area contributed by atoms with E-state index in [2.05, 4.69) is 46.9 Å². The molecule has 364 valence electrons. The van der Waals surface area contributed by atoms with Gasteiger partial charge in [-0.1, -0.05) is 26.0 Å². The van der Waals surface area contributed by atoms with E-state index >= 15 is 0 Å². The van der Waals surface area contributed by atoms with Crippen LogP contribution in [-0.4, -0.2) is 151 Å². The maximum absolute atomic E-state index is 14.2. The average Bonchev–Trinajstić information content (AvgIpc) is 3.76. The van der Waals surface area contributed by atoms with Crippen LogP contribution < -0.4 is 49.1 Å². The Morgan fingerprint density at radius 3 is 1.79 bits per heavy atom. The van der Waals surface area contributed by atoms with Gasteiger partial charge in [0.1, 0.15) is 42.0 Å². The van der Waals surface area contributed by atoms with Gasteiger partial charge in [0.15, 0.2) is 5.96 Å². The molecule has 2 rings (SSSR count). The molecule has 0 aliphatic heterocycles. The molecule has 1 aromatic carbocycles. The molecule has 0 radical (unpaired) electrons. The van der Waals surface area contributed by atoms with Crippen molar-refractivity contribution in [2.75, 3.05) is 18.6 Å². The van der Waals surface area contributed by atoms with E-state index in [4.69, 9.17) is 22.3 Å².